The Morgan fingerprint density at radius 1 is 1.43 bits per heavy atom. The summed E-state index contributed by atoms with van der Waals surface area (Å²) >= 11 is 0. The summed E-state index contributed by atoms with van der Waals surface area (Å²) in [5, 5.41) is 11.4. The fraction of sp³-hybridized carbons (Fsp3) is 0.300. The number of hydrogen-bond donors (Lipinski definition) is 4. The average Bonchev–Trinajstić information content (AvgIpc) is 2.35. The minimum Gasteiger partial charge on any atom is -0.409 e. The van der Waals surface area contributed by atoms with Crippen LogP contribution in [0.25, 0.3) is 0 Å². The molecule has 0 saturated heterocycles. The predicted octanol–water partition coefficient (Wildman–Crippen LogP) is 0.898. The monoisotopic (exact) mass is 326 g/mol. The molecule has 0 heterocycles. The summed E-state index contributed by atoms with van der Waals surface area (Å²) in [5.41, 5.74) is 5.85. The van der Waals surface area contributed by atoms with Gasteiger partial charge >= 0.3 is 6.18 Å². The number of oxime groups is 1. The first kappa shape index (κ1) is 17.0. The average molecular weight is 326 g/mol. The van der Waals surface area contributed by atoms with Gasteiger partial charge in [-0.2, -0.15) is 26.3 Å². The molecule has 0 aliphatic rings. The largest absolute Gasteiger partial charge is 0.409 e. The first-order valence-corrected chi connectivity index (χ1v) is 6.96. The van der Waals surface area contributed by atoms with Gasteiger partial charge in [-0.15, -0.1) is 0 Å². The molecule has 0 aliphatic heterocycles. The van der Waals surface area contributed by atoms with E-state index in [1.807, 2.05) is 4.72 Å². The van der Waals surface area contributed by atoms with Gasteiger partial charge in [-0.25, -0.2) is 0 Å². The number of benzene rings is 1. The Hall–Kier alpha value is -2.01. The highest BCUT2D eigenvalue weighted by Gasteiger charge is 2.29. The Kier molecular flexibility index (Phi) is 5.01. The van der Waals surface area contributed by atoms with E-state index >= 15 is 0 Å². The van der Waals surface area contributed by atoms with Gasteiger partial charge in [-0.3, -0.25) is 4.72 Å². The molecule has 0 fully saturated rings. The molecule has 21 heavy (non-hydrogen) atoms. The maximum atomic E-state index is 12.0. The molecule has 0 amide bonds. The zero-order valence-electron chi connectivity index (χ0n) is 10.8. The lowest BCUT2D eigenvalue weighted by molar-refractivity contribution is -0.121. The van der Waals surface area contributed by atoms with E-state index in [2.05, 4.69) is 5.16 Å². The zero-order chi connectivity index (χ0) is 16.3. The molecule has 0 aromatic heterocycles. The molecule has 0 bridgehead atoms. The standard InChI is InChI=1S/C10H13F3N4O3S/c1-6-3-2-4-7(8(6)9(14)16-18)17-21(19,20)15-5-10(11,12)13/h2-4,15,17-18H,5H2,1H3,(H2,14,16). The molecule has 1 aromatic rings. The second kappa shape index (κ2) is 6.18. The van der Waals surface area contributed by atoms with Crippen LogP contribution in [0.5, 0.6) is 0 Å². The van der Waals surface area contributed by atoms with Crippen molar-refractivity contribution in [1.29, 1.82) is 0 Å². The fourth-order valence-corrected chi connectivity index (χ4v) is 2.39. The molecule has 5 N–H and O–H groups in total. The number of nitrogens with zero attached hydrogens (tertiary/aromatic N) is 1. The molecule has 0 atom stereocenters. The molecule has 11 heteroatoms. The lowest BCUT2D eigenvalue weighted by Crippen LogP contribution is -2.37. The van der Waals surface area contributed by atoms with Crippen molar-refractivity contribution in [3.05, 3.63) is 29.3 Å². The van der Waals surface area contributed by atoms with Gasteiger partial charge in [0.25, 0.3) is 10.2 Å². The number of anilines is 1. The maximum absolute atomic E-state index is 12.0. The van der Waals surface area contributed by atoms with Gasteiger partial charge in [-0.05, 0) is 18.6 Å². The van der Waals surface area contributed by atoms with Gasteiger partial charge < -0.3 is 10.9 Å². The normalized spacial score (nSPS) is 13.2. The van der Waals surface area contributed by atoms with Crippen LogP contribution in [0.1, 0.15) is 11.1 Å². The molecule has 0 saturated carbocycles. The van der Waals surface area contributed by atoms with E-state index in [0.717, 1.165) is 0 Å². The topological polar surface area (TPSA) is 117 Å². The Labute approximate surface area is 118 Å². The summed E-state index contributed by atoms with van der Waals surface area (Å²) in [6.45, 7) is -0.151. The predicted molar refractivity (Wildman–Crippen MR) is 70.3 cm³/mol. The van der Waals surface area contributed by atoms with Crippen LogP contribution < -0.4 is 15.2 Å². The van der Waals surface area contributed by atoms with Crippen LogP contribution in [0.2, 0.25) is 0 Å². The third-order valence-corrected chi connectivity index (χ3v) is 3.36. The van der Waals surface area contributed by atoms with Crippen LogP contribution in [0.15, 0.2) is 23.4 Å². The third kappa shape index (κ3) is 5.11. The fourth-order valence-electron chi connectivity index (χ4n) is 1.50. The summed E-state index contributed by atoms with van der Waals surface area (Å²) in [6, 6.07) is 4.30. The van der Waals surface area contributed by atoms with Crippen molar-refractivity contribution in [2.45, 2.75) is 13.1 Å². The number of halogens is 3. The molecule has 0 unspecified atom stereocenters. The first-order valence-electron chi connectivity index (χ1n) is 5.47. The van der Waals surface area contributed by atoms with Crippen molar-refractivity contribution in [1.82, 2.24) is 4.72 Å². The first-order chi connectivity index (χ1) is 9.56. The van der Waals surface area contributed by atoms with Crippen LogP contribution in [-0.4, -0.2) is 32.2 Å². The molecule has 1 aromatic carbocycles. The number of hydrogen-bond acceptors (Lipinski definition) is 4. The number of rotatable bonds is 5. The Morgan fingerprint density at radius 2 is 2.05 bits per heavy atom. The number of amidine groups is 1. The van der Waals surface area contributed by atoms with Gasteiger partial charge in [0.05, 0.1) is 5.69 Å². The highest BCUT2D eigenvalue weighted by Crippen LogP contribution is 2.20. The third-order valence-electron chi connectivity index (χ3n) is 2.34. The maximum Gasteiger partial charge on any atom is 0.402 e. The second-order valence-corrected chi connectivity index (χ2v) is 5.52. The molecule has 0 radical (unpaired) electrons. The Morgan fingerprint density at radius 3 is 2.57 bits per heavy atom. The van der Waals surface area contributed by atoms with E-state index in [4.69, 9.17) is 10.9 Å². The molecule has 118 valence electrons. The number of aryl methyl sites for hydroxylation is 1. The summed E-state index contributed by atoms with van der Waals surface area (Å²) in [7, 11) is -4.46. The minimum absolute atomic E-state index is 0.0670. The van der Waals surface area contributed by atoms with E-state index in [-0.39, 0.29) is 17.1 Å². The van der Waals surface area contributed by atoms with E-state index in [1.165, 1.54) is 16.9 Å². The lowest BCUT2D eigenvalue weighted by atomic mass is 10.1. The van der Waals surface area contributed by atoms with E-state index in [0.29, 0.717) is 5.56 Å². The number of nitrogens with one attached hydrogen (secondary N) is 2. The Bertz CT molecular complexity index is 643. The Balaban J connectivity index is 3.06. The summed E-state index contributed by atoms with van der Waals surface area (Å²) in [5.74, 6) is -0.373. The van der Waals surface area contributed by atoms with Crippen molar-refractivity contribution < 1.29 is 26.8 Å². The molecule has 1 rings (SSSR count). The van der Waals surface area contributed by atoms with Crippen molar-refractivity contribution in [3.63, 3.8) is 0 Å². The van der Waals surface area contributed by atoms with Crippen LogP contribution in [0.3, 0.4) is 0 Å². The second-order valence-electron chi connectivity index (χ2n) is 4.02. The van der Waals surface area contributed by atoms with Gasteiger partial charge in [0.15, 0.2) is 5.84 Å². The number of nitrogens with two attached hydrogens (primary N) is 1. The van der Waals surface area contributed by atoms with Crippen LogP contribution in [0.4, 0.5) is 18.9 Å². The SMILES string of the molecule is Cc1cccc(NS(=O)(=O)NCC(F)(F)F)c1/C(N)=N/O. The summed E-state index contributed by atoms with van der Waals surface area (Å²) in [4.78, 5) is 0. The van der Waals surface area contributed by atoms with E-state index in [1.54, 1.807) is 13.0 Å². The quantitative estimate of drug-likeness (QED) is 0.278. The highest BCUT2D eigenvalue weighted by molar-refractivity contribution is 7.90. The van der Waals surface area contributed by atoms with Crippen molar-refractivity contribution in [3.8, 4) is 0 Å². The van der Waals surface area contributed by atoms with Crippen LogP contribution in [-0.2, 0) is 10.2 Å². The highest BCUT2D eigenvalue weighted by atomic mass is 32.2. The minimum atomic E-state index is -4.68. The molecule has 7 nitrogen and oxygen atoms in total. The van der Waals surface area contributed by atoms with E-state index < -0.39 is 22.9 Å². The molecule has 0 aliphatic carbocycles. The van der Waals surface area contributed by atoms with Gasteiger partial charge in [0.1, 0.15) is 6.54 Å². The molecular weight excluding hydrogens is 313 g/mol. The van der Waals surface area contributed by atoms with Crippen LogP contribution >= 0.6 is 0 Å². The van der Waals surface area contributed by atoms with Gasteiger partial charge in [0.2, 0.25) is 0 Å². The van der Waals surface area contributed by atoms with Crippen molar-refractivity contribution >= 4 is 21.7 Å². The molecule has 0 spiro atoms. The number of alkyl halides is 3. The smallest absolute Gasteiger partial charge is 0.402 e. The lowest BCUT2D eigenvalue weighted by Gasteiger charge is -2.15. The molecular formula is C10H13F3N4O3S. The summed E-state index contributed by atoms with van der Waals surface area (Å²) in [6.07, 6.45) is -4.68. The van der Waals surface area contributed by atoms with Crippen molar-refractivity contribution in [2.24, 2.45) is 10.9 Å². The zero-order valence-corrected chi connectivity index (χ0v) is 11.6. The van der Waals surface area contributed by atoms with Crippen molar-refractivity contribution in [2.75, 3.05) is 11.3 Å². The van der Waals surface area contributed by atoms with Gasteiger partial charge in [0, 0.05) is 5.56 Å². The van der Waals surface area contributed by atoms with Crippen LogP contribution in [0, 0.1) is 6.92 Å². The van der Waals surface area contributed by atoms with E-state index in [9.17, 15) is 21.6 Å². The summed E-state index contributed by atoms with van der Waals surface area (Å²) < 4.78 is 62.4. The van der Waals surface area contributed by atoms with Gasteiger partial charge in [-0.1, -0.05) is 17.3 Å².